The molecule has 3 aromatic rings. The molecule has 8 heteroatoms. The van der Waals surface area contributed by atoms with E-state index >= 15 is 0 Å². The minimum absolute atomic E-state index is 0.312. The zero-order valence-corrected chi connectivity index (χ0v) is 13.4. The maximum absolute atomic E-state index is 12.2. The zero-order chi connectivity index (χ0) is 15.9. The van der Waals surface area contributed by atoms with Crippen molar-refractivity contribution in [1.82, 2.24) is 9.97 Å². The van der Waals surface area contributed by atoms with Crippen LogP contribution in [0.25, 0.3) is 21.3 Å². The van der Waals surface area contributed by atoms with Gasteiger partial charge in [0.2, 0.25) is 15.0 Å². The van der Waals surface area contributed by atoms with Crippen molar-refractivity contribution in [3.8, 4) is 16.9 Å². The summed E-state index contributed by atoms with van der Waals surface area (Å²) >= 11 is 1.24. The first-order valence-corrected chi connectivity index (χ1v) is 9.03. The van der Waals surface area contributed by atoms with E-state index in [0.29, 0.717) is 10.2 Å². The highest BCUT2D eigenvalue weighted by Crippen LogP contribution is 2.31. The average molecular weight is 336 g/mol. The predicted molar refractivity (Wildman–Crippen MR) is 85.3 cm³/mol. The maximum atomic E-state index is 12.2. The molecule has 3 rings (SSSR count). The number of aromatic amines is 1. The smallest absolute Gasteiger partial charge is 0.261 e. The number of H-pyrrole nitrogens is 1. The van der Waals surface area contributed by atoms with Crippen molar-refractivity contribution in [3.05, 3.63) is 40.0 Å². The van der Waals surface area contributed by atoms with E-state index in [-0.39, 0.29) is 5.16 Å². The quantitative estimate of drug-likeness (QED) is 0.740. The number of nitrogens with zero attached hydrogens (tertiary/aromatic N) is 1. The van der Waals surface area contributed by atoms with Crippen LogP contribution in [0.2, 0.25) is 0 Å². The Bertz CT molecular complexity index is 1000. The lowest BCUT2D eigenvalue weighted by atomic mass is 10.1. The molecule has 0 aliphatic rings. The summed E-state index contributed by atoms with van der Waals surface area (Å²) in [6.07, 6.45) is 1.01. The van der Waals surface area contributed by atoms with Crippen LogP contribution in [-0.4, -0.2) is 31.8 Å². The number of fused-ring (bicyclic) bond motifs is 1. The van der Waals surface area contributed by atoms with Gasteiger partial charge in [-0.2, -0.15) is 0 Å². The zero-order valence-electron chi connectivity index (χ0n) is 11.8. The van der Waals surface area contributed by atoms with E-state index in [2.05, 4.69) is 9.97 Å². The maximum Gasteiger partial charge on any atom is 0.261 e. The molecule has 0 bridgehead atoms. The van der Waals surface area contributed by atoms with E-state index in [1.807, 2.05) is 12.1 Å². The van der Waals surface area contributed by atoms with Crippen LogP contribution in [0.5, 0.6) is 5.75 Å². The minimum Gasteiger partial charge on any atom is -0.497 e. The second-order valence-electron chi connectivity index (χ2n) is 4.70. The van der Waals surface area contributed by atoms with Gasteiger partial charge in [-0.1, -0.05) is 12.1 Å². The molecule has 0 saturated carbocycles. The number of benzene rings is 1. The van der Waals surface area contributed by atoms with Gasteiger partial charge in [-0.15, -0.1) is 11.3 Å². The predicted octanol–water partition coefficient (Wildman–Crippen LogP) is 2.06. The molecule has 114 valence electrons. The molecule has 0 atom stereocenters. The molecule has 22 heavy (non-hydrogen) atoms. The van der Waals surface area contributed by atoms with Gasteiger partial charge in [0.25, 0.3) is 5.56 Å². The van der Waals surface area contributed by atoms with E-state index in [1.54, 1.807) is 24.6 Å². The summed E-state index contributed by atoms with van der Waals surface area (Å²) in [6, 6.07) is 7.27. The van der Waals surface area contributed by atoms with Crippen LogP contribution in [0.3, 0.4) is 0 Å². The average Bonchev–Trinajstić information content (AvgIpc) is 2.91. The first-order valence-electron chi connectivity index (χ1n) is 6.26. The highest BCUT2D eigenvalue weighted by molar-refractivity contribution is 7.90. The van der Waals surface area contributed by atoms with Crippen molar-refractivity contribution in [1.29, 1.82) is 0 Å². The molecular formula is C14H12N2O4S2. The van der Waals surface area contributed by atoms with Gasteiger partial charge >= 0.3 is 0 Å². The molecule has 6 nitrogen and oxygen atoms in total. The van der Waals surface area contributed by atoms with Crippen LogP contribution in [0.1, 0.15) is 0 Å². The fourth-order valence-corrected chi connectivity index (χ4v) is 3.63. The summed E-state index contributed by atoms with van der Waals surface area (Å²) in [4.78, 5) is 19.0. The Balaban J connectivity index is 2.22. The van der Waals surface area contributed by atoms with Gasteiger partial charge in [0, 0.05) is 17.2 Å². The normalized spacial score (nSPS) is 11.7. The van der Waals surface area contributed by atoms with Gasteiger partial charge in [0.05, 0.1) is 12.5 Å². The first kappa shape index (κ1) is 14.7. The van der Waals surface area contributed by atoms with E-state index < -0.39 is 15.4 Å². The highest BCUT2D eigenvalue weighted by atomic mass is 32.2. The van der Waals surface area contributed by atoms with Crippen molar-refractivity contribution in [2.24, 2.45) is 0 Å². The number of rotatable bonds is 3. The molecule has 0 fully saturated rings. The Labute approximate surface area is 130 Å². The molecule has 0 aliphatic heterocycles. The van der Waals surface area contributed by atoms with E-state index in [9.17, 15) is 13.2 Å². The summed E-state index contributed by atoms with van der Waals surface area (Å²) in [6.45, 7) is 0. The highest BCUT2D eigenvalue weighted by Gasteiger charge is 2.17. The fourth-order valence-electron chi connectivity index (χ4n) is 2.09. The van der Waals surface area contributed by atoms with Gasteiger partial charge in [0.15, 0.2) is 0 Å². The summed E-state index contributed by atoms with van der Waals surface area (Å²) in [5.41, 5.74) is 1.10. The number of ether oxygens (including phenoxy) is 1. The van der Waals surface area contributed by atoms with Crippen LogP contribution >= 0.6 is 11.3 Å². The summed E-state index contributed by atoms with van der Waals surface area (Å²) < 4.78 is 28.2. The minimum atomic E-state index is -3.56. The number of sulfone groups is 1. The third-order valence-electron chi connectivity index (χ3n) is 3.17. The second-order valence-corrected chi connectivity index (χ2v) is 7.49. The van der Waals surface area contributed by atoms with Crippen LogP contribution < -0.4 is 10.3 Å². The van der Waals surface area contributed by atoms with Crippen molar-refractivity contribution in [3.63, 3.8) is 0 Å². The lowest BCUT2D eigenvalue weighted by molar-refractivity contribution is 0.415. The summed E-state index contributed by atoms with van der Waals surface area (Å²) in [5.74, 6) is 0.717. The molecule has 0 unspecified atom stereocenters. The summed E-state index contributed by atoms with van der Waals surface area (Å²) in [5, 5.41) is 1.87. The molecule has 0 saturated heterocycles. The Kier molecular flexibility index (Phi) is 3.50. The van der Waals surface area contributed by atoms with E-state index in [1.165, 1.54) is 11.3 Å². The van der Waals surface area contributed by atoms with E-state index in [4.69, 9.17) is 4.74 Å². The molecule has 1 aromatic carbocycles. The van der Waals surface area contributed by atoms with Crippen LogP contribution in [0.4, 0.5) is 0 Å². The van der Waals surface area contributed by atoms with Gasteiger partial charge in [0.1, 0.15) is 10.6 Å². The van der Waals surface area contributed by atoms with Gasteiger partial charge in [-0.3, -0.25) is 9.78 Å². The molecule has 2 heterocycles. The molecule has 0 radical (unpaired) electrons. The van der Waals surface area contributed by atoms with Crippen molar-refractivity contribution in [2.45, 2.75) is 5.16 Å². The van der Waals surface area contributed by atoms with Crippen molar-refractivity contribution >= 4 is 31.4 Å². The van der Waals surface area contributed by atoms with Crippen LogP contribution in [-0.2, 0) is 9.84 Å². The number of aromatic nitrogens is 2. The van der Waals surface area contributed by atoms with Crippen LogP contribution in [0.15, 0.2) is 39.6 Å². The Morgan fingerprint density at radius 2 is 1.91 bits per heavy atom. The van der Waals surface area contributed by atoms with Crippen molar-refractivity contribution < 1.29 is 13.2 Å². The topological polar surface area (TPSA) is 89.1 Å². The Morgan fingerprint density at radius 3 is 2.50 bits per heavy atom. The van der Waals surface area contributed by atoms with Gasteiger partial charge in [-0.05, 0) is 17.7 Å². The van der Waals surface area contributed by atoms with Gasteiger partial charge < -0.3 is 4.74 Å². The molecule has 0 spiro atoms. The number of hydrogen-bond acceptors (Lipinski definition) is 6. The largest absolute Gasteiger partial charge is 0.497 e. The lowest BCUT2D eigenvalue weighted by Gasteiger charge is -2.03. The summed E-state index contributed by atoms with van der Waals surface area (Å²) in [7, 11) is -1.98. The third kappa shape index (κ3) is 2.51. The SMILES string of the molecule is COc1ccc(-c2csc3nc(S(C)(=O)=O)[nH]c(=O)c23)cc1. The van der Waals surface area contributed by atoms with Gasteiger partial charge in [-0.25, -0.2) is 13.4 Å². The Morgan fingerprint density at radius 1 is 1.23 bits per heavy atom. The second kappa shape index (κ2) is 5.22. The molecule has 2 aromatic heterocycles. The number of hydrogen-bond donors (Lipinski definition) is 1. The van der Waals surface area contributed by atoms with Crippen LogP contribution in [0, 0.1) is 0 Å². The number of thiophene rings is 1. The molecule has 1 N–H and O–H groups in total. The van der Waals surface area contributed by atoms with Crippen molar-refractivity contribution in [2.75, 3.05) is 13.4 Å². The standard InChI is InChI=1S/C14H12N2O4S2/c1-20-9-5-3-8(4-6-9)10-7-21-13-11(10)12(17)15-14(16-13)22(2,18)19/h3-7H,1-2H3,(H,15,16,17). The third-order valence-corrected chi connectivity index (χ3v) is 4.94. The number of nitrogens with one attached hydrogen (secondary N) is 1. The first-order chi connectivity index (χ1) is 10.4. The Hall–Kier alpha value is -2.19. The molecule has 0 amide bonds. The monoisotopic (exact) mass is 336 g/mol. The molecular weight excluding hydrogens is 324 g/mol. The molecule has 0 aliphatic carbocycles. The fraction of sp³-hybridized carbons (Fsp3) is 0.143. The van der Waals surface area contributed by atoms with E-state index in [0.717, 1.165) is 23.1 Å². The number of methoxy groups -OCH3 is 1. The lowest BCUT2D eigenvalue weighted by Crippen LogP contribution is -2.14.